The van der Waals surface area contributed by atoms with Gasteiger partial charge in [-0.3, -0.25) is 0 Å². The number of benzene rings is 8. The lowest BCUT2D eigenvalue weighted by molar-refractivity contribution is -0.198. The molecule has 62 heavy (non-hydrogen) atoms. The van der Waals surface area contributed by atoms with Crippen LogP contribution in [0.2, 0.25) is 0 Å². The molecule has 2 spiro atoms. The fourth-order valence-corrected chi connectivity index (χ4v) is 16.3. The monoisotopic (exact) mass is 812 g/mol. The number of anilines is 3. The minimum atomic E-state index is -0.541. The smallest absolute Gasteiger partial charge is 0.0765 e. The molecule has 8 aromatic carbocycles. The Bertz CT molecular complexity index is 3350. The molecule has 4 saturated carbocycles. The third-order valence-corrected chi connectivity index (χ3v) is 18.3. The normalized spacial score (nSPS) is 26.4. The van der Waals surface area contributed by atoms with Gasteiger partial charge in [-0.05, 0) is 143 Å². The lowest BCUT2D eigenvalue weighted by atomic mass is 9.31. The molecule has 15 rings (SSSR count). The number of aromatic nitrogens is 1. The van der Waals surface area contributed by atoms with Gasteiger partial charge in [0.05, 0.1) is 27.8 Å². The van der Waals surface area contributed by atoms with Gasteiger partial charge >= 0.3 is 0 Å². The maximum absolute atomic E-state index is 2.56. The van der Waals surface area contributed by atoms with E-state index in [9.17, 15) is 0 Å². The minimum absolute atomic E-state index is 0.403. The molecular weight excluding hydrogens is 769 g/mol. The van der Waals surface area contributed by atoms with Gasteiger partial charge in [0.1, 0.15) is 0 Å². The van der Waals surface area contributed by atoms with Crippen molar-refractivity contribution in [3.05, 3.63) is 216 Å². The number of nitrogens with zero attached hydrogens (tertiary/aromatic N) is 2. The Balaban J connectivity index is 0.971. The van der Waals surface area contributed by atoms with Crippen molar-refractivity contribution in [2.75, 3.05) is 4.90 Å². The predicted octanol–water partition coefficient (Wildman–Crippen LogP) is 15.2. The molecule has 6 atom stereocenters. The van der Waals surface area contributed by atoms with Crippen molar-refractivity contribution in [2.24, 2.45) is 23.2 Å². The average molecular weight is 813 g/mol. The second-order valence-corrected chi connectivity index (χ2v) is 20.4. The Morgan fingerprint density at radius 2 is 1.18 bits per heavy atom. The molecule has 2 nitrogen and oxygen atoms in total. The van der Waals surface area contributed by atoms with Crippen LogP contribution < -0.4 is 4.90 Å². The number of rotatable bonds is 5. The highest BCUT2D eigenvalue weighted by Crippen LogP contribution is 2.86. The highest BCUT2D eigenvalue weighted by molar-refractivity contribution is 7.99. The molecule has 0 N–H and O–H groups in total. The highest BCUT2D eigenvalue weighted by Gasteiger charge is 2.80. The highest BCUT2D eigenvalue weighted by atomic mass is 32.2. The molecular formula is C59H44N2S. The molecule has 2 aliphatic heterocycles. The lowest BCUT2D eigenvalue weighted by Crippen LogP contribution is -2.68. The molecule has 9 aromatic rings. The van der Waals surface area contributed by atoms with Gasteiger partial charge in [0, 0.05) is 37.4 Å². The fourth-order valence-electron chi connectivity index (χ4n) is 15.0. The van der Waals surface area contributed by atoms with E-state index in [1.165, 1.54) is 120 Å². The van der Waals surface area contributed by atoms with Gasteiger partial charge in [-0.2, -0.15) is 0 Å². The summed E-state index contributed by atoms with van der Waals surface area (Å²) >= 11 is 1.94. The predicted molar refractivity (Wildman–Crippen MR) is 255 cm³/mol. The second kappa shape index (κ2) is 12.0. The summed E-state index contributed by atoms with van der Waals surface area (Å²) in [7, 11) is 0. The molecule has 4 aliphatic carbocycles. The molecule has 1 aromatic heterocycles. The van der Waals surface area contributed by atoms with E-state index < -0.39 is 5.41 Å². The first-order chi connectivity index (χ1) is 30.7. The van der Waals surface area contributed by atoms with E-state index in [1.807, 2.05) is 11.8 Å². The molecule has 6 aliphatic rings. The van der Waals surface area contributed by atoms with Crippen molar-refractivity contribution < 1.29 is 0 Å². The summed E-state index contributed by atoms with van der Waals surface area (Å²) in [5, 5.41) is 2.60. The Hall–Kier alpha value is -6.29. The van der Waals surface area contributed by atoms with E-state index >= 15 is 0 Å². The van der Waals surface area contributed by atoms with Crippen molar-refractivity contribution in [2.45, 2.75) is 52.7 Å². The van der Waals surface area contributed by atoms with Crippen LogP contribution >= 0.6 is 11.8 Å². The van der Waals surface area contributed by atoms with Gasteiger partial charge in [0.15, 0.2) is 0 Å². The van der Waals surface area contributed by atoms with E-state index in [0.29, 0.717) is 10.8 Å². The number of fused-ring (bicyclic) bond motifs is 12. The van der Waals surface area contributed by atoms with Crippen LogP contribution in [0.4, 0.5) is 17.1 Å². The van der Waals surface area contributed by atoms with Crippen LogP contribution in [0.5, 0.6) is 0 Å². The molecule has 296 valence electrons. The second-order valence-electron chi connectivity index (χ2n) is 19.3. The molecule has 2 bridgehead atoms. The van der Waals surface area contributed by atoms with Crippen LogP contribution in [0, 0.1) is 23.2 Å². The van der Waals surface area contributed by atoms with Crippen LogP contribution in [-0.4, -0.2) is 4.57 Å². The zero-order chi connectivity index (χ0) is 40.4. The van der Waals surface area contributed by atoms with Crippen molar-refractivity contribution >= 4 is 50.6 Å². The van der Waals surface area contributed by atoms with Gasteiger partial charge in [0.2, 0.25) is 0 Å². The van der Waals surface area contributed by atoms with Gasteiger partial charge in [-0.15, -0.1) is 0 Å². The van der Waals surface area contributed by atoms with Crippen molar-refractivity contribution in [3.63, 3.8) is 0 Å². The summed E-state index contributed by atoms with van der Waals surface area (Å²) in [5.74, 6) is 2.88. The van der Waals surface area contributed by atoms with E-state index in [0.717, 1.165) is 17.8 Å². The molecule has 0 amide bonds. The topological polar surface area (TPSA) is 8.17 Å². The summed E-state index contributed by atoms with van der Waals surface area (Å²) in [6.07, 6.45) is 7.28. The zero-order valence-corrected chi connectivity index (χ0v) is 35.3. The SMILES string of the molecule is c1ccc(-c2ccc(N(c3ccc(C45CC6CC7CC(C4)C75C6)cc3)c3cccc4c3Sc3ccccc3C43c4ccccc4-n4c5ccccc5c5cccc3c54)cc2)cc1. The molecule has 0 saturated heterocycles. The summed E-state index contributed by atoms with van der Waals surface area (Å²) in [5.41, 5.74) is 17.3. The lowest BCUT2D eigenvalue weighted by Gasteiger charge is -2.73. The average Bonchev–Trinajstić information content (AvgIpc) is 3.96. The third-order valence-electron chi connectivity index (χ3n) is 17.1. The van der Waals surface area contributed by atoms with E-state index in [-0.39, 0.29) is 0 Å². The van der Waals surface area contributed by atoms with E-state index in [2.05, 4.69) is 198 Å². The number of hydrogen-bond donors (Lipinski definition) is 0. The summed E-state index contributed by atoms with van der Waals surface area (Å²) < 4.78 is 2.54. The molecule has 6 unspecified atom stereocenters. The summed E-state index contributed by atoms with van der Waals surface area (Å²) in [6.45, 7) is 0. The van der Waals surface area contributed by atoms with Crippen LogP contribution in [0.15, 0.2) is 198 Å². The first-order valence-electron chi connectivity index (χ1n) is 22.8. The van der Waals surface area contributed by atoms with Crippen LogP contribution in [0.1, 0.15) is 59.9 Å². The maximum atomic E-state index is 2.56. The third kappa shape index (κ3) is 4.02. The van der Waals surface area contributed by atoms with Crippen molar-refractivity contribution in [1.82, 2.24) is 4.57 Å². The number of hydrogen-bond acceptors (Lipinski definition) is 2. The molecule has 4 fully saturated rings. The molecule has 3 heterocycles. The van der Waals surface area contributed by atoms with E-state index in [1.54, 1.807) is 5.56 Å². The zero-order valence-electron chi connectivity index (χ0n) is 34.5. The first-order valence-corrected chi connectivity index (χ1v) is 23.6. The standard InChI is InChI=1S/C59H44N2S/c1-2-12-38(13-3-1)39-24-28-43(29-25-39)60(44-30-26-40(27-31-44)57-34-37-32-41-33-42(36-57)58(41,57)35-37)53-22-11-19-50-56(53)62-54-23-9-6-17-48(54)59(50)47-16-5-8-21-52(47)61-51-20-7-4-14-45(51)46-15-10-18-49(59)55(46)61/h1-31,37,41-42H,32-36H2. The van der Waals surface area contributed by atoms with Crippen LogP contribution in [0.25, 0.3) is 38.6 Å². The fraction of sp³-hybridized carbons (Fsp3) is 0.186. The Morgan fingerprint density at radius 1 is 0.500 bits per heavy atom. The van der Waals surface area contributed by atoms with Crippen LogP contribution in [-0.2, 0) is 10.8 Å². The van der Waals surface area contributed by atoms with Gasteiger partial charge in [-0.1, -0.05) is 151 Å². The van der Waals surface area contributed by atoms with Gasteiger partial charge in [-0.25, -0.2) is 0 Å². The largest absolute Gasteiger partial charge is 0.309 e. The molecule has 0 radical (unpaired) electrons. The first kappa shape index (κ1) is 34.3. The Kier molecular flexibility index (Phi) is 6.64. The van der Waals surface area contributed by atoms with Crippen molar-refractivity contribution in [3.8, 4) is 16.8 Å². The van der Waals surface area contributed by atoms with Gasteiger partial charge < -0.3 is 9.47 Å². The van der Waals surface area contributed by atoms with Gasteiger partial charge in [0.25, 0.3) is 0 Å². The van der Waals surface area contributed by atoms with E-state index in [4.69, 9.17) is 0 Å². The summed E-state index contributed by atoms with van der Waals surface area (Å²) in [6, 6.07) is 71.7. The minimum Gasteiger partial charge on any atom is -0.309 e. The Morgan fingerprint density at radius 3 is 2.02 bits per heavy atom. The maximum Gasteiger partial charge on any atom is 0.0765 e. The van der Waals surface area contributed by atoms with Crippen molar-refractivity contribution in [1.29, 1.82) is 0 Å². The summed E-state index contributed by atoms with van der Waals surface area (Å²) in [4.78, 5) is 5.18. The Labute approximate surface area is 366 Å². The quantitative estimate of drug-likeness (QED) is 0.171. The number of para-hydroxylation sites is 3. The molecule has 3 heteroatoms. The van der Waals surface area contributed by atoms with Crippen LogP contribution in [0.3, 0.4) is 0 Å².